The summed E-state index contributed by atoms with van der Waals surface area (Å²) < 4.78 is 0. The third kappa shape index (κ3) is 4.09. The number of nitrogens with zero attached hydrogens (tertiary/aromatic N) is 4. The molecule has 4 rings (SSSR count). The van der Waals surface area contributed by atoms with Crippen LogP contribution >= 0.6 is 0 Å². The van der Waals surface area contributed by atoms with Gasteiger partial charge in [-0.25, -0.2) is 14.8 Å². The third-order valence-corrected chi connectivity index (χ3v) is 5.70. The standard InChI is InChI=1S/C21H28N6O/c1-15(2)26-9-11-27(12-10-26)20-13-19(22-14-23-20)25-21(28)24-18-8-7-16-5-3-4-6-17(16)18/h3-6,13-15,18H,7-12H2,1-2H3,(H2,22,23,24,25,28). The molecule has 1 saturated heterocycles. The molecule has 2 heterocycles. The number of rotatable bonds is 4. The first-order chi connectivity index (χ1) is 13.6. The molecule has 1 aliphatic heterocycles. The Balaban J connectivity index is 1.36. The van der Waals surface area contributed by atoms with Gasteiger partial charge in [-0.3, -0.25) is 10.2 Å². The summed E-state index contributed by atoms with van der Waals surface area (Å²) >= 11 is 0. The molecule has 2 N–H and O–H groups in total. The maximum absolute atomic E-state index is 12.5. The fourth-order valence-corrected chi connectivity index (χ4v) is 4.07. The summed E-state index contributed by atoms with van der Waals surface area (Å²) in [5.74, 6) is 1.39. The van der Waals surface area contributed by atoms with E-state index in [4.69, 9.17) is 0 Å². The number of piperazine rings is 1. The highest BCUT2D eigenvalue weighted by atomic mass is 16.2. The van der Waals surface area contributed by atoms with Gasteiger partial charge in [0.05, 0.1) is 6.04 Å². The van der Waals surface area contributed by atoms with Gasteiger partial charge in [0.1, 0.15) is 18.0 Å². The van der Waals surface area contributed by atoms with Crippen LogP contribution in [-0.2, 0) is 6.42 Å². The van der Waals surface area contributed by atoms with E-state index < -0.39 is 0 Å². The largest absolute Gasteiger partial charge is 0.354 e. The monoisotopic (exact) mass is 380 g/mol. The van der Waals surface area contributed by atoms with Crippen LogP contribution in [0.4, 0.5) is 16.4 Å². The van der Waals surface area contributed by atoms with Crippen molar-refractivity contribution in [2.45, 2.75) is 38.8 Å². The van der Waals surface area contributed by atoms with Crippen molar-refractivity contribution in [3.05, 3.63) is 47.8 Å². The number of aromatic nitrogens is 2. The van der Waals surface area contributed by atoms with Gasteiger partial charge in [-0.05, 0) is 37.8 Å². The van der Waals surface area contributed by atoms with Gasteiger partial charge < -0.3 is 10.2 Å². The van der Waals surface area contributed by atoms with Crippen LogP contribution in [0.25, 0.3) is 0 Å². The van der Waals surface area contributed by atoms with Gasteiger partial charge in [-0.2, -0.15) is 0 Å². The molecule has 1 fully saturated rings. The zero-order valence-electron chi connectivity index (χ0n) is 16.6. The van der Waals surface area contributed by atoms with Crippen LogP contribution in [0, 0.1) is 0 Å². The van der Waals surface area contributed by atoms with Crippen molar-refractivity contribution >= 4 is 17.7 Å². The molecule has 1 aromatic heterocycles. The van der Waals surface area contributed by atoms with Gasteiger partial charge in [-0.15, -0.1) is 0 Å². The molecule has 7 nitrogen and oxygen atoms in total. The maximum atomic E-state index is 12.5. The van der Waals surface area contributed by atoms with Crippen molar-refractivity contribution < 1.29 is 4.79 Å². The molecule has 2 aliphatic rings. The van der Waals surface area contributed by atoms with Gasteiger partial charge in [0.15, 0.2) is 0 Å². The van der Waals surface area contributed by atoms with E-state index in [-0.39, 0.29) is 12.1 Å². The summed E-state index contributed by atoms with van der Waals surface area (Å²) in [5.41, 5.74) is 2.53. The normalized spacial score (nSPS) is 19.5. The smallest absolute Gasteiger partial charge is 0.320 e. The second kappa shape index (κ2) is 8.14. The Labute approximate surface area is 166 Å². The molecule has 2 amide bonds. The fraction of sp³-hybridized carbons (Fsp3) is 0.476. The highest BCUT2D eigenvalue weighted by Crippen LogP contribution is 2.30. The predicted octanol–water partition coefficient (Wildman–Crippen LogP) is 2.82. The Morgan fingerprint density at radius 2 is 1.93 bits per heavy atom. The van der Waals surface area contributed by atoms with E-state index in [9.17, 15) is 4.79 Å². The zero-order chi connectivity index (χ0) is 19.5. The van der Waals surface area contributed by atoms with Crippen LogP contribution in [0.1, 0.15) is 37.4 Å². The summed E-state index contributed by atoms with van der Waals surface area (Å²) in [4.78, 5) is 25.8. The van der Waals surface area contributed by atoms with Crippen molar-refractivity contribution in [1.29, 1.82) is 0 Å². The number of benzene rings is 1. The first-order valence-corrected chi connectivity index (χ1v) is 10.1. The molecule has 1 aliphatic carbocycles. The highest BCUT2D eigenvalue weighted by molar-refractivity contribution is 5.89. The predicted molar refractivity (Wildman–Crippen MR) is 111 cm³/mol. The molecule has 1 atom stereocenters. The van der Waals surface area contributed by atoms with E-state index in [1.54, 1.807) is 0 Å². The van der Waals surface area contributed by atoms with Crippen LogP contribution in [0.5, 0.6) is 0 Å². The number of urea groups is 1. The van der Waals surface area contributed by atoms with Crippen LogP contribution in [0.15, 0.2) is 36.7 Å². The van der Waals surface area contributed by atoms with Crippen molar-refractivity contribution in [3.63, 3.8) is 0 Å². The van der Waals surface area contributed by atoms with Crippen molar-refractivity contribution in [1.82, 2.24) is 20.2 Å². The molecule has 148 valence electrons. The maximum Gasteiger partial charge on any atom is 0.320 e. The first-order valence-electron chi connectivity index (χ1n) is 10.1. The molecule has 0 spiro atoms. The Morgan fingerprint density at radius 1 is 1.14 bits per heavy atom. The summed E-state index contributed by atoms with van der Waals surface area (Å²) in [7, 11) is 0. The topological polar surface area (TPSA) is 73.4 Å². The molecular weight excluding hydrogens is 352 g/mol. The van der Waals surface area contributed by atoms with E-state index in [1.807, 2.05) is 18.2 Å². The minimum absolute atomic E-state index is 0.0571. The van der Waals surface area contributed by atoms with Crippen LogP contribution < -0.4 is 15.5 Å². The van der Waals surface area contributed by atoms with Gasteiger partial charge in [0.25, 0.3) is 0 Å². The lowest BCUT2D eigenvalue weighted by Crippen LogP contribution is -2.49. The summed E-state index contributed by atoms with van der Waals surface area (Å²) in [6.07, 6.45) is 3.45. The lowest BCUT2D eigenvalue weighted by molar-refractivity contribution is 0.209. The number of carbonyl (C=O) groups excluding carboxylic acids is 1. The number of anilines is 2. The van der Waals surface area contributed by atoms with Gasteiger partial charge >= 0.3 is 6.03 Å². The van der Waals surface area contributed by atoms with Gasteiger partial charge in [0.2, 0.25) is 0 Å². The third-order valence-electron chi connectivity index (χ3n) is 5.70. The van der Waals surface area contributed by atoms with Crippen molar-refractivity contribution in [3.8, 4) is 0 Å². The molecule has 0 saturated carbocycles. The second-order valence-electron chi connectivity index (χ2n) is 7.77. The van der Waals surface area contributed by atoms with Gasteiger partial charge in [0, 0.05) is 38.3 Å². The lowest BCUT2D eigenvalue weighted by atomic mass is 10.1. The minimum atomic E-state index is -0.226. The average Bonchev–Trinajstić information content (AvgIpc) is 3.11. The SMILES string of the molecule is CC(C)N1CCN(c2cc(NC(=O)NC3CCc4ccccc43)ncn2)CC1. The number of amides is 2. The molecule has 0 bridgehead atoms. The van der Waals surface area contributed by atoms with E-state index >= 15 is 0 Å². The summed E-state index contributed by atoms with van der Waals surface area (Å²) in [5, 5.41) is 5.94. The van der Waals surface area contributed by atoms with Crippen molar-refractivity contribution in [2.75, 3.05) is 36.4 Å². The zero-order valence-corrected chi connectivity index (χ0v) is 16.6. The number of nitrogens with one attached hydrogen (secondary N) is 2. The van der Waals surface area contributed by atoms with Crippen LogP contribution in [0.2, 0.25) is 0 Å². The number of fused-ring (bicyclic) bond motifs is 1. The number of carbonyl (C=O) groups is 1. The molecule has 1 aromatic carbocycles. The van der Waals surface area contributed by atoms with E-state index in [0.717, 1.165) is 44.8 Å². The quantitative estimate of drug-likeness (QED) is 0.853. The van der Waals surface area contributed by atoms with E-state index in [2.05, 4.69) is 56.4 Å². The molecule has 28 heavy (non-hydrogen) atoms. The minimum Gasteiger partial charge on any atom is -0.354 e. The van der Waals surface area contributed by atoms with Crippen LogP contribution in [0.3, 0.4) is 0 Å². The highest BCUT2D eigenvalue weighted by Gasteiger charge is 2.24. The number of aryl methyl sites for hydroxylation is 1. The molecular formula is C21H28N6O. The Hall–Kier alpha value is -2.67. The van der Waals surface area contributed by atoms with E-state index in [0.29, 0.717) is 11.9 Å². The second-order valence-corrected chi connectivity index (χ2v) is 7.77. The summed E-state index contributed by atoms with van der Waals surface area (Å²) in [6.45, 7) is 8.35. The molecule has 0 radical (unpaired) electrons. The first kappa shape index (κ1) is 18.7. The summed E-state index contributed by atoms with van der Waals surface area (Å²) in [6, 6.07) is 10.5. The van der Waals surface area contributed by atoms with Gasteiger partial charge in [-0.1, -0.05) is 24.3 Å². The number of hydrogen-bond donors (Lipinski definition) is 2. The average molecular weight is 380 g/mol. The number of hydrogen-bond acceptors (Lipinski definition) is 5. The molecule has 7 heteroatoms. The van der Waals surface area contributed by atoms with E-state index in [1.165, 1.54) is 17.5 Å². The Morgan fingerprint density at radius 3 is 2.71 bits per heavy atom. The Kier molecular flexibility index (Phi) is 5.43. The lowest BCUT2D eigenvalue weighted by Gasteiger charge is -2.37. The fourth-order valence-electron chi connectivity index (χ4n) is 4.07. The Bertz CT molecular complexity index is 831. The van der Waals surface area contributed by atoms with Crippen LogP contribution in [-0.4, -0.2) is 53.1 Å². The molecule has 1 unspecified atom stereocenters. The molecule has 2 aromatic rings. The van der Waals surface area contributed by atoms with Crippen molar-refractivity contribution in [2.24, 2.45) is 0 Å².